The van der Waals surface area contributed by atoms with Gasteiger partial charge in [0.1, 0.15) is 0 Å². The van der Waals surface area contributed by atoms with Crippen LogP contribution in [-0.4, -0.2) is 0 Å². The van der Waals surface area contributed by atoms with Crippen molar-refractivity contribution in [3.8, 4) is 0 Å². The summed E-state index contributed by atoms with van der Waals surface area (Å²) in [6, 6.07) is 0. The maximum atomic E-state index is 3.87. The van der Waals surface area contributed by atoms with E-state index in [4.69, 9.17) is 0 Å². The first-order chi connectivity index (χ1) is 13.8. The average molecular weight is 397 g/mol. The lowest BCUT2D eigenvalue weighted by Crippen LogP contribution is -2.18. The zero-order valence-electron chi connectivity index (χ0n) is 20.2. The van der Waals surface area contributed by atoms with Gasteiger partial charge in [0, 0.05) is 0 Å². The van der Waals surface area contributed by atoms with Gasteiger partial charge in [-0.15, -0.1) is 6.58 Å². The molecule has 0 N–H and O–H groups in total. The van der Waals surface area contributed by atoms with Gasteiger partial charge in [-0.05, 0) is 99.4 Å². The molecule has 164 valence electrons. The molecule has 0 spiro atoms. The van der Waals surface area contributed by atoms with E-state index in [1.165, 1.54) is 64.2 Å². The molecule has 29 heavy (non-hydrogen) atoms. The van der Waals surface area contributed by atoms with Gasteiger partial charge in [0.2, 0.25) is 0 Å². The zero-order chi connectivity index (χ0) is 21.3. The Morgan fingerprint density at radius 2 is 1.72 bits per heavy atom. The van der Waals surface area contributed by atoms with Crippen LogP contribution in [0.25, 0.3) is 0 Å². The molecule has 0 aromatic heterocycles. The van der Waals surface area contributed by atoms with E-state index in [-0.39, 0.29) is 0 Å². The van der Waals surface area contributed by atoms with Crippen LogP contribution in [0.2, 0.25) is 0 Å². The standard InChI is InChI=1S/C29H48/c1-7-8-9-13-28(24(3)22-29(4,5)6)21-27-18-16-26(17-19-27)20-25-12-10-11-23(2)14-15-25/h7,9-10,12-13,23,25-27H,1,8,11,14-22H2,2-6H3. The van der Waals surface area contributed by atoms with Crippen LogP contribution < -0.4 is 0 Å². The smallest absolute Gasteiger partial charge is 0.0169 e. The van der Waals surface area contributed by atoms with Crippen LogP contribution in [0.5, 0.6) is 0 Å². The van der Waals surface area contributed by atoms with Gasteiger partial charge in [0.05, 0.1) is 0 Å². The van der Waals surface area contributed by atoms with Crippen molar-refractivity contribution < 1.29 is 0 Å². The normalized spacial score (nSPS) is 29.6. The van der Waals surface area contributed by atoms with Crippen LogP contribution in [0.1, 0.15) is 105 Å². The van der Waals surface area contributed by atoms with Gasteiger partial charge in [0.25, 0.3) is 0 Å². The molecule has 0 aromatic rings. The van der Waals surface area contributed by atoms with Gasteiger partial charge < -0.3 is 0 Å². The molecule has 2 rings (SSSR count). The molecule has 0 saturated heterocycles. The molecule has 1 fully saturated rings. The Labute approximate surface area is 182 Å². The molecule has 2 aliphatic carbocycles. The van der Waals surface area contributed by atoms with E-state index in [0.29, 0.717) is 5.41 Å². The lowest BCUT2D eigenvalue weighted by molar-refractivity contribution is 0.241. The van der Waals surface area contributed by atoms with Crippen LogP contribution >= 0.6 is 0 Å². The van der Waals surface area contributed by atoms with Crippen LogP contribution in [0.15, 0.2) is 48.1 Å². The Kier molecular flexibility index (Phi) is 10.0. The molecule has 1 saturated carbocycles. The minimum Gasteiger partial charge on any atom is -0.103 e. The first-order valence-corrected chi connectivity index (χ1v) is 12.4. The van der Waals surface area contributed by atoms with Gasteiger partial charge in [-0.3, -0.25) is 0 Å². The predicted molar refractivity (Wildman–Crippen MR) is 131 cm³/mol. The average Bonchev–Trinajstić information content (AvgIpc) is 2.85. The summed E-state index contributed by atoms with van der Waals surface area (Å²) in [5.41, 5.74) is 3.56. The van der Waals surface area contributed by atoms with E-state index >= 15 is 0 Å². The largest absolute Gasteiger partial charge is 0.103 e. The molecule has 0 nitrogen and oxygen atoms in total. The van der Waals surface area contributed by atoms with Crippen molar-refractivity contribution in [2.24, 2.45) is 29.1 Å². The summed E-state index contributed by atoms with van der Waals surface area (Å²) in [5.74, 6) is 3.60. The first-order valence-electron chi connectivity index (χ1n) is 12.4. The summed E-state index contributed by atoms with van der Waals surface area (Å²) in [5, 5.41) is 0. The Balaban J connectivity index is 1.88. The number of allylic oxidation sites excluding steroid dienone is 7. The van der Waals surface area contributed by atoms with Gasteiger partial charge in [-0.2, -0.15) is 0 Å². The van der Waals surface area contributed by atoms with Crippen molar-refractivity contribution in [2.45, 2.75) is 105 Å². The van der Waals surface area contributed by atoms with Crippen molar-refractivity contribution in [2.75, 3.05) is 0 Å². The second-order valence-corrected chi connectivity index (χ2v) is 11.4. The molecule has 0 bridgehead atoms. The molecule has 0 radical (unpaired) electrons. The molecule has 0 aromatic carbocycles. The van der Waals surface area contributed by atoms with Crippen molar-refractivity contribution in [3.05, 3.63) is 48.1 Å². The van der Waals surface area contributed by atoms with Gasteiger partial charge in [0.15, 0.2) is 0 Å². The fourth-order valence-corrected chi connectivity index (χ4v) is 5.42. The highest BCUT2D eigenvalue weighted by Crippen LogP contribution is 2.39. The van der Waals surface area contributed by atoms with E-state index < -0.39 is 0 Å². The lowest BCUT2D eigenvalue weighted by atomic mass is 9.74. The molecule has 2 aliphatic rings. The van der Waals surface area contributed by atoms with E-state index in [9.17, 15) is 0 Å². The maximum Gasteiger partial charge on any atom is -0.0169 e. The topological polar surface area (TPSA) is 0 Å². The van der Waals surface area contributed by atoms with Crippen molar-refractivity contribution in [3.63, 3.8) is 0 Å². The molecular formula is C29H48. The summed E-state index contributed by atoms with van der Waals surface area (Å²) in [4.78, 5) is 0. The number of hydrogen-bond acceptors (Lipinski definition) is 0. The molecule has 2 atom stereocenters. The van der Waals surface area contributed by atoms with Crippen LogP contribution in [-0.2, 0) is 0 Å². The zero-order valence-corrected chi connectivity index (χ0v) is 20.2. The van der Waals surface area contributed by atoms with Crippen LogP contribution in [0.3, 0.4) is 0 Å². The quantitative estimate of drug-likeness (QED) is 0.283. The first kappa shape index (κ1) is 24.2. The molecular weight excluding hydrogens is 348 g/mol. The molecule has 2 unspecified atom stereocenters. The molecule has 0 amide bonds. The second kappa shape index (κ2) is 12.0. The summed E-state index contributed by atoms with van der Waals surface area (Å²) >= 11 is 0. The molecule has 0 heteroatoms. The third kappa shape index (κ3) is 9.54. The van der Waals surface area contributed by atoms with Gasteiger partial charge in [-0.25, -0.2) is 0 Å². The summed E-state index contributed by atoms with van der Waals surface area (Å²) < 4.78 is 0. The van der Waals surface area contributed by atoms with Crippen molar-refractivity contribution in [1.82, 2.24) is 0 Å². The fourth-order valence-electron chi connectivity index (χ4n) is 5.42. The summed E-state index contributed by atoms with van der Waals surface area (Å²) in [7, 11) is 0. The van der Waals surface area contributed by atoms with Crippen molar-refractivity contribution in [1.29, 1.82) is 0 Å². The highest BCUT2D eigenvalue weighted by molar-refractivity contribution is 5.26. The summed E-state index contributed by atoms with van der Waals surface area (Å²) in [6.45, 7) is 15.7. The Morgan fingerprint density at radius 1 is 1.03 bits per heavy atom. The van der Waals surface area contributed by atoms with Crippen LogP contribution in [0, 0.1) is 29.1 Å². The van der Waals surface area contributed by atoms with E-state index in [1.807, 2.05) is 6.08 Å². The van der Waals surface area contributed by atoms with Gasteiger partial charge in [-0.1, -0.05) is 76.5 Å². The van der Waals surface area contributed by atoms with Crippen molar-refractivity contribution >= 4 is 0 Å². The lowest BCUT2D eigenvalue weighted by Gasteiger charge is -2.31. The third-order valence-electron chi connectivity index (χ3n) is 7.05. The molecule has 0 aliphatic heterocycles. The van der Waals surface area contributed by atoms with Gasteiger partial charge >= 0.3 is 0 Å². The second-order valence-electron chi connectivity index (χ2n) is 11.4. The highest BCUT2D eigenvalue weighted by atomic mass is 14.3. The molecule has 0 heterocycles. The van der Waals surface area contributed by atoms with E-state index in [0.717, 1.165) is 30.1 Å². The highest BCUT2D eigenvalue weighted by Gasteiger charge is 2.25. The minimum atomic E-state index is 0.364. The third-order valence-corrected chi connectivity index (χ3v) is 7.05. The number of rotatable bonds is 8. The Morgan fingerprint density at radius 3 is 2.38 bits per heavy atom. The van der Waals surface area contributed by atoms with E-state index in [1.54, 1.807) is 11.1 Å². The van der Waals surface area contributed by atoms with E-state index in [2.05, 4.69) is 65.5 Å². The van der Waals surface area contributed by atoms with Crippen LogP contribution in [0.4, 0.5) is 0 Å². The minimum absolute atomic E-state index is 0.364. The predicted octanol–water partition coefficient (Wildman–Crippen LogP) is 9.45. The SMILES string of the molecule is C=CCC=CC(CC1CCC(CC2C=CCC(C)CC2)CC1)=C(C)CC(C)(C)C. The Hall–Kier alpha value is -1.04. The monoisotopic (exact) mass is 396 g/mol. The maximum absolute atomic E-state index is 3.87. The fraction of sp³-hybridized carbons (Fsp3) is 0.724. The summed E-state index contributed by atoms with van der Waals surface area (Å²) in [6.07, 6.45) is 26.5. The number of hydrogen-bond donors (Lipinski definition) is 0. The Bertz CT molecular complexity index is 572.